The lowest BCUT2D eigenvalue weighted by molar-refractivity contribution is 0.587. The van der Waals surface area contributed by atoms with E-state index in [0.717, 1.165) is 65.6 Å². The van der Waals surface area contributed by atoms with Gasteiger partial charge >= 0.3 is 0 Å². The van der Waals surface area contributed by atoms with Gasteiger partial charge in [0.15, 0.2) is 10.2 Å². The Bertz CT molecular complexity index is 822. The lowest BCUT2D eigenvalue weighted by Crippen LogP contribution is -2.11. The van der Waals surface area contributed by atoms with Crippen molar-refractivity contribution in [2.75, 3.05) is 12.3 Å². The van der Waals surface area contributed by atoms with Crippen molar-refractivity contribution >= 4 is 47.9 Å². The van der Waals surface area contributed by atoms with Crippen LogP contribution < -0.4 is 5.32 Å². The highest BCUT2D eigenvalue weighted by Crippen LogP contribution is 2.23. The second kappa shape index (κ2) is 10.4. The second-order valence-electron chi connectivity index (χ2n) is 6.01. The summed E-state index contributed by atoms with van der Waals surface area (Å²) in [6.07, 6.45) is 6.07. The van der Waals surface area contributed by atoms with Gasteiger partial charge < -0.3 is 9.88 Å². The molecule has 11 heteroatoms. The van der Waals surface area contributed by atoms with Crippen molar-refractivity contribution < 1.29 is 0 Å². The molecule has 0 spiro atoms. The number of aryl methyl sites for hydroxylation is 3. The first-order valence-corrected chi connectivity index (χ1v) is 10.3. The van der Waals surface area contributed by atoms with Crippen LogP contribution >= 0.6 is 47.9 Å². The minimum atomic E-state index is 0. The Hall–Kier alpha value is -1.13. The number of hydrogen-bond acceptors (Lipinski definition) is 7. The van der Waals surface area contributed by atoms with E-state index in [9.17, 15) is 0 Å². The average molecular weight is 448 g/mol. The Morgan fingerprint density at radius 2 is 2.19 bits per heavy atom. The first-order chi connectivity index (χ1) is 12.3. The highest BCUT2D eigenvalue weighted by molar-refractivity contribution is 8.01. The predicted octanol–water partition coefficient (Wildman–Crippen LogP) is 3.43. The molecule has 0 bridgehead atoms. The molecule has 0 unspecified atom stereocenters. The molecule has 0 atom stereocenters. The first-order valence-electron chi connectivity index (χ1n) is 8.51. The average Bonchev–Trinajstić information content (AvgIpc) is 3.29. The summed E-state index contributed by atoms with van der Waals surface area (Å²) in [6.45, 7) is 5.83. The monoisotopic (exact) mass is 447 g/mol. The van der Waals surface area contributed by atoms with Crippen LogP contribution in [0.25, 0.3) is 11.5 Å². The third kappa shape index (κ3) is 5.45. The Labute approximate surface area is 179 Å². The van der Waals surface area contributed by atoms with Crippen molar-refractivity contribution in [3.05, 3.63) is 29.2 Å². The summed E-state index contributed by atoms with van der Waals surface area (Å²) in [7, 11) is 0. The normalized spacial score (nSPS) is 13.4. The number of halogens is 2. The molecule has 0 saturated heterocycles. The Morgan fingerprint density at radius 1 is 1.30 bits per heavy atom. The zero-order valence-electron chi connectivity index (χ0n) is 15.0. The van der Waals surface area contributed by atoms with E-state index in [0.29, 0.717) is 0 Å². The molecule has 1 aliphatic rings. The lowest BCUT2D eigenvalue weighted by Gasteiger charge is -2.05. The van der Waals surface area contributed by atoms with E-state index in [4.69, 9.17) is 5.10 Å². The van der Waals surface area contributed by atoms with Crippen molar-refractivity contribution in [2.24, 2.45) is 0 Å². The van der Waals surface area contributed by atoms with Gasteiger partial charge in [0.1, 0.15) is 10.7 Å². The molecule has 1 aliphatic heterocycles. The van der Waals surface area contributed by atoms with Gasteiger partial charge in [-0.1, -0.05) is 23.1 Å². The van der Waals surface area contributed by atoms with Gasteiger partial charge in [0, 0.05) is 37.8 Å². The van der Waals surface area contributed by atoms with Gasteiger partial charge in [-0.15, -0.1) is 35.0 Å². The molecule has 0 saturated carbocycles. The Morgan fingerprint density at radius 3 is 3.00 bits per heavy atom. The minimum absolute atomic E-state index is 0. The Balaban J connectivity index is 0.00000131. The fourth-order valence-electron chi connectivity index (χ4n) is 2.92. The predicted molar refractivity (Wildman–Crippen MR) is 114 cm³/mol. The molecule has 27 heavy (non-hydrogen) atoms. The summed E-state index contributed by atoms with van der Waals surface area (Å²) < 4.78 is 5.36. The van der Waals surface area contributed by atoms with Crippen LogP contribution in [-0.2, 0) is 19.6 Å². The maximum Gasteiger partial charge on any atom is 0.174 e. The van der Waals surface area contributed by atoms with E-state index in [-0.39, 0.29) is 24.8 Å². The molecule has 0 aromatic carbocycles. The van der Waals surface area contributed by atoms with E-state index in [1.807, 2.05) is 19.3 Å². The van der Waals surface area contributed by atoms with E-state index in [1.54, 1.807) is 23.1 Å². The van der Waals surface area contributed by atoms with Crippen LogP contribution in [0.5, 0.6) is 0 Å². The molecule has 148 valence electrons. The van der Waals surface area contributed by atoms with E-state index < -0.39 is 0 Å². The number of nitrogens with zero attached hydrogens (tertiary/aromatic N) is 6. The van der Waals surface area contributed by atoms with Crippen LogP contribution in [-0.4, -0.2) is 41.8 Å². The van der Waals surface area contributed by atoms with Crippen molar-refractivity contribution in [3.63, 3.8) is 0 Å². The SMILES string of the molecule is Cc1nnc(SCCCn2ccnc2-c2cc3n(n2)CCCNC3)s1.Cl.Cl. The van der Waals surface area contributed by atoms with Gasteiger partial charge in [0.25, 0.3) is 0 Å². The van der Waals surface area contributed by atoms with E-state index in [1.165, 1.54) is 5.69 Å². The van der Waals surface area contributed by atoms with Crippen molar-refractivity contribution in [1.29, 1.82) is 0 Å². The molecular formula is C16H23Cl2N7S2. The van der Waals surface area contributed by atoms with Crippen LogP contribution in [0.1, 0.15) is 23.5 Å². The number of aromatic nitrogens is 6. The molecule has 3 aromatic heterocycles. The molecule has 3 aromatic rings. The van der Waals surface area contributed by atoms with Crippen LogP contribution in [0.2, 0.25) is 0 Å². The summed E-state index contributed by atoms with van der Waals surface area (Å²) in [4.78, 5) is 4.53. The highest BCUT2D eigenvalue weighted by atomic mass is 35.5. The van der Waals surface area contributed by atoms with Crippen molar-refractivity contribution in [2.45, 2.75) is 43.7 Å². The summed E-state index contributed by atoms with van der Waals surface area (Å²) >= 11 is 3.43. The highest BCUT2D eigenvalue weighted by Gasteiger charge is 2.15. The lowest BCUT2D eigenvalue weighted by atomic mass is 10.3. The number of rotatable bonds is 6. The van der Waals surface area contributed by atoms with E-state index in [2.05, 4.69) is 35.8 Å². The summed E-state index contributed by atoms with van der Waals surface area (Å²) in [5.74, 6) is 1.98. The fraction of sp³-hybridized carbons (Fsp3) is 0.500. The summed E-state index contributed by atoms with van der Waals surface area (Å²) in [5.41, 5.74) is 2.21. The van der Waals surface area contributed by atoms with Gasteiger partial charge in [-0.05, 0) is 32.4 Å². The molecule has 0 fully saturated rings. The van der Waals surface area contributed by atoms with E-state index >= 15 is 0 Å². The number of nitrogens with one attached hydrogen (secondary N) is 1. The van der Waals surface area contributed by atoms with Crippen LogP contribution in [0.4, 0.5) is 0 Å². The number of hydrogen-bond donors (Lipinski definition) is 1. The molecular weight excluding hydrogens is 425 g/mol. The first kappa shape index (κ1) is 22.2. The van der Waals surface area contributed by atoms with Gasteiger partial charge in [0.2, 0.25) is 0 Å². The molecule has 4 heterocycles. The van der Waals surface area contributed by atoms with Crippen LogP contribution in [0.15, 0.2) is 22.8 Å². The number of imidazole rings is 1. The number of thioether (sulfide) groups is 1. The zero-order chi connectivity index (χ0) is 17.1. The standard InChI is InChI=1S/C16H21N7S2.2ClH/c1-12-19-20-16(25-12)24-9-3-6-22-8-5-18-15(22)14-10-13-11-17-4-2-7-23(13)21-14;;/h5,8,10,17H,2-4,6-7,9,11H2,1H3;2*1H. The summed E-state index contributed by atoms with van der Waals surface area (Å²) in [5, 5.41) is 17.4. The summed E-state index contributed by atoms with van der Waals surface area (Å²) in [6, 6.07) is 2.16. The van der Waals surface area contributed by atoms with Gasteiger partial charge in [-0.3, -0.25) is 4.68 Å². The quantitative estimate of drug-likeness (QED) is 0.460. The topological polar surface area (TPSA) is 73.5 Å². The smallest absolute Gasteiger partial charge is 0.174 e. The maximum absolute atomic E-state index is 4.76. The molecule has 7 nitrogen and oxygen atoms in total. The molecule has 4 rings (SSSR count). The van der Waals surface area contributed by atoms with Crippen molar-refractivity contribution in [1.82, 2.24) is 34.8 Å². The third-order valence-electron chi connectivity index (χ3n) is 4.11. The molecule has 0 amide bonds. The number of fused-ring (bicyclic) bond motifs is 1. The molecule has 0 radical (unpaired) electrons. The zero-order valence-corrected chi connectivity index (χ0v) is 18.3. The second-order valence-corrected chi connectivity index (χ2v) is 8.53. The maximum atomic E-state index is 4.76. The van der Waals surface area contributed by atoms with Gasteiger partial charge in [0.05, 0.1) is 5.69 Å². The van der Waals surface area contributed by atoms with Crippen LogP contribution in [0, 0.1) is 6.92 Å². The largest absolute Gasteiger partial charge is 0.330 e. The third-order valence-corrected chi connectivity index (χ3v) is 6.17. The minimum Gasteiger partial charge on any atom is -0.330 e. The van der Waals surface area contributed by atoms with Gasteiger partial charge in [-0.2, -0.15) is 5.10 Å². The van der Waals surface area contributed by atoms with Crippen molar-refractivity contribution in [3.8, 4) is 11.5 Å². The van der Waals surface area contributed by atoms with Crippen LogP contribution in [0.3, 0.4) is 0 Å². The fourth-order valence-corrected chi connectivity index (χ4v) is 4.74. The Kier molecular flexibility index (Phi) is 8.56. The van der Waals surface area contributed by atoms with Gasteiger partial charge in [-0.25, -0.2) is 4.98 Å². The molecule has 0 aliphatic carbocycles. The molecule has 1 N–H and O–H groups in total.